The number of aromatic nitrogens is 4. The lowest BCUT2D eigenvalue weighted by atomic mass is 10.0. The number of piperazine rings is 1. The first-order valence-corrected chi connectivity index (χ1v) is 12.1. The molecule has 5 rings (SSSR count). The summed E-state index contributed by atoms with van der Waals surface area (Å²) in [4.78, 5) is 26.9. The van der Waals surface area contributed by atoms with Gasteiger partial charge < -0.3 is 4.90 Å². The molecule has 2 atom stereocenters. The molecule has 0 radical (unpaired) electrons. The summed E-state index contributed by atoms with van der Waals surface area (Å²) in [6.45, 7) is 11.3. The van der Waals surface area contributed by atoms with Gasteiger partial charge in [-0.25, -0.2) is 19.2 Å². The minimum atomic E-state index is -0.0105. The Labute approximate surface area is 191 Å². The Kier molecular flexibility index (Phi) is 5.29. The van der Waals surface area contributed by atoms with Crippen LogP contribution in [-0.4, -0.2) is 49.7 Å². The Bertz CT molecular complexity index is 1350. The number of hydrogen-bond donors (Lipinski definition) is 0. The number of thiazole rings is 1. The van der Waals surface area contributed by atoms with E-state index < -0.39 is 0 Å². The van der Waals surface area contributed by atoms with E-state index in [9.17, 15) is 4.79 Å². The van der Waals surface area contributed by atoms with E-state index in [1.54, 1.807) is 29.1 Å². The molecular formula is C24H30N6OS. The number of imidazole rings is 1. The van der Waals surface area contributed by atoms with Crippen LogP contribution < -0.4 is 10.5 Å². The van der Waals surface area contributed by atoms with E-state index >= 15 is 0 Å². The number of anilines is 1. The molecular weight excluding hydrogens is 420 g/mol. The molecule has 0 aliphatic carbocycles. The second-order valence-corrected chi connectivity index (χ2v) is 10.1. The van der Waals surface area contributed by atoms with E-state index in [1.807, 2.05) is 17.6 Å². The van der Waals surface area contributed by atoms with Crippen LogP contribution in [0.1, 0.15) is 42.6 Å². The third-order valence-electron chi connectivity index (χ3n) is 6.78. The zero-order valence-electron chi connectivity index (χ0n) is 19.4. The highest BCUT2D eigenvalue weighted by Crippen LogP contribution is 2.31. The van der Waals surface area contributed by atoms with Gasteiger partial charge in [-0.15, -0.1) is 11.3 Å². The van der Waals surface area contributed by atoms with Gasteiger partial charge in [0.05, 0.1) is 32.8 Å². The maximum atomic E-state index is 12.6. The molecule has 0 spiro atoms. The van der Waals surface area contributed by atoms with E-state index in [1.165, 1.54) is 10.3 Å². The SMILES string of the molecule is CCC1CN(C(C)c2ccc3nc(C)sc3c2)CCN1c1cc(=O)n(C)n2cc(C)nc12. The Hall–Kier alpha value is -2.71. The van der Waals surface area contributed by atoms with Crippen LogP contribution in [0.3, 0.4) is 0 Å². The molecule has 1 aromatic carbocycles. The normalized spacial score (nSPS) is 18.7. The lowest BCUT2D eigenvalue weighted by molar-refractivity contribution is 0.169. The lowest BCUT2D eigenvalue weighted by Crippen LogP contribution is -2.54. The van der Waals surface area contributed by atoms with Crippen LogP contribution in [0.25, 0.3) is 15.9 Å². The Morgan fingerprint density at radius 2 is 2.00 bits per heavy atom. The van der Waals surface area contributed by atoms with Crippen LogP contribution in [0.2, 0.25) is 0 Å². The van der Waals surface area contributed by atoms with Crippen LogP contribution in [0.15, 0.2) is 35.3 Å². The fourth-order valence-corrected chi connectivity index (χ4v) is 5.78. The van der Waals surface area contributed by atoms with E-state index in [0.29, 0.717) is 12.1 Å². The summed E-state index contributed by atoms with van der Waals surface area (Å²) in [6.07, 6.45) is 2.94. The number of hydrogen-bond acceptors (Lipinski definition) is 6. The van der Waals surface area contributed by atoms with E-state index in [0.717, 1.165) is 53.6 Å². The topological polar surface area (TPSA) is 58.7 Å². The number of fused-ring (bicyclic) bond motifs is 2. The molecule has 0 saturated carbocycles. The average molecular weight is 451 g/mol. The molecule has 168 valence electrons. The maximum Gasteiger partial charge on any atom is 0.267 e. The van der Waals surface area contributed by atoms with Crippen molar-refractivity contribution >= 4 is 32.9 Å². The molecule has 0 amide bonds. The fraction of sp³-hybridized carbons (Fsp3) is 0.458. The summed E-state index contributed by atoms with van der Waals surface area (Å²) in [5, 5.41) is 1.11. The summed E-state index contributed by atoms with van der Waals surface area (Å²) in [5.41, 5.74) is 5.14. The Morgan fingerprint density at radius 3 is 2.78 bits per heavy atom. The van der Waals surface area contributed by atoms with Gasteiger partial charge in [-0.2, -0.15) is 0 Å². The van der Waals surface area contributed by atoms with Gasteiger partial charge in [0, 0.05) is 44.8 Å². The smallest absolute Gasteiger partial charge is 0.267 e. The van der Waals surface area contributed by atoms with Gasteiger partial charge in [0.25, 0.3) is 5.56 Å². The molecule has 0 bridgehead atoms. The van der Waals surface area contributed by atoms with Crippen LogP contribution in [0.5, 0.6) is 0 Å². The molecule has 3 aromatic heterocycles. The highest BCUT2D eigenvalue weighted by molar-refractivity contribution is 7.18. The summed E-state index contributed by atoms with van der Waals surface area (Å²) in [7, 11) is 1.79. The Balaban J connectivity index is 1.43. The molecule has 7 nitrogen and oxygen atoms in total. The second-order valence-electron chi connectivity index (χ2n) is 8.83. The zero-order valence-corrected chi connectivity index (χ0v) is 20.2. The predicted octanol–water partition coefficient (Wildman–Crippen LogP) is 3.92. The largest absolute Gasteiger partial charge is 0.363 e. The number of aryl methyl sites for hydroxylation is 3. The van der Waals surface area contributed by atoms with Crippen LogP contribution in [-0.2, 0) is 7.05 Å². The number of nitrogens with zero attached hydrogens (tertiary/aromatic N) is 6. The first-order chi connectivity index (χ1) is 15.4. The monoisotopic (exact) mass is 450 g/mol. The highest BCUT2D eigenvalue weighted by atomic mass is 32.1. The minimum absolute atomic E-state index is 0.0105. The molecule has 4 aromatic rings. The van der Waals surface area contributed by atoms with Gasteiger partial charge in [-0.3, -0.25) is 9.69 Å². The summed E-state index contributed by atoms with van der Waals surface area (Å²) in [6, 6.07) is 9.08. The van der Waals surface area contributed by atoms with E-state index in [4.69, 9.17) is 4.98 Å². The van der Waals surface area contributed by atoms with Crippen molar-refractivity contribution in [3.05, 3.63) is 57.1 Å². The van der Waals surface area contributed by atoms with Crippen molar-refractivity contribution in [2.45, 2.75) is 46.2 Å². The van der Waals surface area contributed by atoms with Crippen molar-refractivity contribution in [2.24, 2.45) is 7.05 Å². The van der Waals surface area contributed by atoms with Gasteiger partial charge in [-0.1, -0.05) is 13.0 Å². The molecule has 2 unspecified atom stereocenters. The quantitative estimate of drug-likeness (QED) is 0.472. The molecule has 1 fully saturated rings. The van der Waals surface area contributed by atoms with Gasteiger partial charge in [0.1, 0.15) is 0 Å². The Morgan fingerprint density at radius 1 is 1.19 bits per heavy atom. The third-order valence-corrected chi connectivity index (χ3v) is 7.72. The summed E-state index contributed by atoms with van der Waals surface area (Å²) >= 11 is 1.76. The van der Waals surface area contributed by atoms with Crippen molar-refractivity contribution in [3.8, 4) is 0 Å². The molecule has 32 heavy (non-hydrogen) atoms. The predicted molar refractivity (Wildman–Crippen MR) is 131 cm³/mol. The van der Waals surface area contributed by atoms with Crippen molar-refractivity contribution < 1.29 is 0 Å². The lowest BCUT2D eigenvalue weighted by Gasteiger charge is -2.44. The van der Waals surface area contributed by atoms with Gasteiger partial charge in [-0.05, 0) is 44.9 Å². The molecule has 8 heteroatoms. The zero-order chi connectivity index (χ0) is 22.6. The fourth-order valence-electron chi connectivity index (χ4n) is 4.91. The van der Waals surface area contributed by atoms with Crippen molar-refractivity contribution in [1.82, 2.24) is 24.1 Å². The number of benzene rings is 1. The molecule has 0 N–H and O–H groups in total. The van der Waals surface area contributed by atoms with Crippen LogP contribution >= 0.6 is 11.3 Å². The average Bonchev–Trinajstić information content (AvgIpc) is 3.36. The van der Waals surface area contributed by atoms with Crippen LogP contribution in [0.4, 0.5) is 5.69 Å². The number of rotatable bonds is 4. The van der Waals surface area contributed by atoms with Gasteiger partial charge in [0.15, 0.2) is 5.65 Å². The van der Waals surface area contributed by atoms with Crippen molar-refractivity contribution in [2.75, 3.05) is 24.5 Å². The highest BCUT2D eigenvalue weighted by Gasteiger charge is 2.31. The first kappa shape index (κ1) is 21.2. The molecule has 4 heterocycles. The van der Waals surface area contributed by atoms with Gasteiger partial charge in [0.2, 0.25) is 0 Å². The van der Waals surface area contributed by atoms with Crippen molar-refractivity contribution in [3.63, 3.8) is 0 Å². The molecule has 1 saturated heterocycles. The van der Waals surface area contributed by atoms with E-state index in [-0.39, 0.29) is 5.56 Å². The molecule has 1 aliphatic rings. The maximum absolute atomic E-state index is 12.6. The van der Waals surface area contributed by atoms with Crippen LogP contribution in [0, 0.1) is 13.8 Å². The summed E-state index contributed by atoms with van der Waals surface area (Å²) < 4.78 is 4.76. The molecule has 1 aliphatic heterocycles. The third kappa shape index (κ3) is 3.51. The second kappa shape index (κ2) is 8.01. The summed E-state index contributed by atoms with van der Waals surface area (Å²) in [5.74, 6) is 0. The first-order valence-electron chi connectivity index (χ1n) is 11.3. The van der Waals surface area contributed by atoms with Crippen molar-refractivity contribution in [1.29, 1.82) is 0 Å². The van der Waals surface area contributed by atoms with E-state index in [2.05, 4.69) is 53.8 Å². The minimum Gasteiger partial charge on any atom is -0.363 e. The standard InChI is InChI=1S/C24H30N6OS/c1-6-19-14-28(16(3)18-7-8-20-22(11-18)32-17(4)26-20)9-10-29(19)21-12-23(31)27(5)30-13-15(2)25-24(21)30/h7-8,11-13,16,19H,6,9-10,14H2,1-5H3. The van der Waals surface area contributed by atoms with Gasteiger partial charge >= 0.3 is 0 Å².